The fourth-order valence-electron chi connectivity index (χ4n) is 1.51. The van der Waals surface area contributed by atoms with Crippen molar-refractivity contribution in [3.63, 3.8) is 0 Å². The highest BCUT2D eigenvalue weighted by Gasteiger charge is 2.13. The molecule has 0 spiro atoms. The second-order valence-corrected chi connectivity index (χ2v) is 4.50. The summed E-state index contributed by atoms with van der Waals surface area (Å²) in [5.74, 6) is -0.226. The van der Waals surface area contributed by atoms with E-state index < -0.39 is 0 Å². The van der Waals surface area contributed by atoms with Crippen LogP contribution in [0.4, 0.5) is 4.39 Å². The highest BCUT2D eigenvalue weighted by atomic mass is 32.1. The zero-order valence-corrected chi connectivity index (χ0v) is 9.22. The first-order valence-electron chi connectivity index (χ1n) is 4.73. The summed E-state index contributed by atoms with van der Waals surface area (Å²) in [5, 5.41) is 1.95. The van der Waals surface area contributed by atoms with Crippen LogP contribution in [-0.4, -0.2) is 0 Å². The molecule has 0 aliphatic heterocycles. The van der Waals surface area contributed by atoms with Crippen LogP contribution in [0.3, 0.4) is 0 Å². The fourth-order valence-corrected chi connectivity index (χ4v) is 2.25. The molecule has 0 aliphatic carbocycles. The Kier molecular flexibility index (Phi) is 2.84. The van der Waals surface area contributed by atoms with Gasteiger partial charge in [0.15, 0.2) is 0 Å². The van der Waals surface area contributed by atoms with Crippen molar-refractivity contribution >= 4 is 11.3 Å². The molecule has 0 bridgehead atoms. The standard InChI is InChI=1S/C12H12FNS/c1-8-4-5-9(10(13)7-8)12(14)11-3-2-6-15-11/h2-7,12H,14H2,1H3. The summed E-state index contributed by atoms with van der Waals surface area (Å²) in [6.45, 7) is 1.86. The van der Waals surface area contributed by atoms with E-state index in [-0.39, 0.29) is 11.9 Å². The molecule has 0 aliphatic rings. The van der Waals surface area contributed by atoms with Gasteiger partial charge in [-0.1, -0.05) is 18.2 Å². The van der Waals surface area contributed by atoms with E-state index in [0.717, 1.165) is 10.4 Å². The molecule has 1 unspecified atom stereocenters. The molecule has 1 nitrogen and oxygen atoms in total. The lowest BCUT2D eigenvalue weighted by Gasteiger charge is -2.11. The Balaban J connectivity index is 2.38. The third kappa shape index (κ3) is 2.08. The van der Waals surface area contributed by atoms with Gasteiger partial charge in [0.2, 0.25) is 0 Å². The van der Waals surface area contributed by atoms with Gasteiger partial charge in [-0.2, -0.15) is 0 Å². The van der Waals surface area contributed by atoms with E-state index in [0.29, 0.717) is 5.56 Å². The van der Waals surface area contributed by atoms with E-state index >= 15 is 0 Å². The molecule has 1 heterocycles. The Labute approximate surface area is 92.4 Å². The summed E-state index contributed by atoms with van der Waals surface area (Å²) < 4.78 is 13.6. The van der Waals surface area contributed by atoms with Crippen molar-refractivity contribution in [2.75, 3.05) is 0 Å². The lowest BCUT2D eigenvalue weighted by molar-refractivity contribution is 0.600. The van der Waals surface area contributed by atoms with Crippen LogP contribution in [0.25, 0.3) is 0 Å². The SMILES string of the molecule is Cc1ccc(C(N)c2cccs2)c(F)c1. The number of hydrogen-bond donors (Lipinski definition) is 1. The quantitative estimate of drug-likeness (QED) is 0.827. The molecule has 0 radical (unpaired) electrons. The average Bonchev–Trinajstić information content (AvgIpc) is 2.69. The minimum Gasteiger partial charge on any atom is -0.320 e. The van der Waals surface area contributed by atoms with Gasteiger partial charge >= 0.3 is 0 Å². The van der Waals surface area contributed by atoms with Crippen molar-refractivity contribution in [2.45, 2.75) is 13.0 Å². The number of halogens is 1. The number of nitrogens with two attached hydrogens (primary N) is 1. The summed E-state index contributed by atoms with van der Waals surface area (Å²) in [6, 6.07) is 8.65. The highest BCUT2D eigenvalue weighted by Crippen LogP contribution is 2.25. The molecule has 3 heteroatoms. The second kappa shape index (κ2) is 4.13. The molecule has 15 heavy (non-hydrogen) atoms. The maximum atomic E-state index is 13.6. The number of hydrogen-bond acceptors (Lipinski definition) is 2. The smallest absolute Gasteiger partial charge is 0.128 e. The Morgan fingerprint density at radius 3 is 2.73 bits per heavy atom. The fraction of sp³-hybridized carbons (Fsp3) is 0.167. The van der Waals surface area contributed by atoms with Crippen LogP contribution < -0.4 is 5.73 Å². The van der Waals surface area contributed by atoms with Gasteiger partial charge in [-0.25, -0.2) is 4.39 Å². The first kappa shape index (κ1) is 10.3. The van der Waals surface area contributed by atoms with E-state index in [1.54, 1.807) is 17.4 Å². The number of thiophene rings is 1. The third-order valence-corrected chi connectivity index (χ3v) is 3.30. The van der Waals surface area contributed by atoms with Gasteiger partial charge < -0.3 is 5.73 Å². The summed E-state index contributed by atoms with van der Waals surface area (Å²) >= 11 is 1.55. The van der Waals surface area contributed by atoms with Gasteiger partial charge in [0, 0.05) is 10.4 Å². The van der Waals surface area contributed by atoms with E-state index in [4.69, 9.17) is 5.73 Å². The molecule has 0 saturated heterocycles. The van der Waals surface area contributed by atoms with Gasteiger partial charge in [0.1, 0.15) is 5.82 Å². The molecule has 1 atom stereocenters. The van der Waals surface area contributed by atoms with Crippen LogP contribution in [0.5, 0.6) is 0 Å². The molecule has 78 valence electrons. The normalized spacial score (nSPS) is 12.7. The van der Waals surface area contributed by atoms with Crippen LogP contribution in [-0.2, 0) is 0 Å². The predicted molar refractivity (Wildman–Crippen MR) is 61.5 cm³/mol. The summed E-state index contributed by atoms with van der Waals surface area (Å²) in [4.78, 5) is 0.984. The Morgan fingerprint density at radius 2 is 2.13 bits per heavy atom. The van der Waals surface area contributed by atoms with E-state index in [1.165, 1.54) is 6.07 Å². The zero-order chi connectivity index (χ0) is 10.8. The van der Waals surface area contributed by atoms with Crippen molar-refractivity contribution < 1.29 is 4.39 Å². The summed E-state index contributed by atoms with van der Waals surface area (Å²) in [7, 11) is 0. The van der Waals surface area contributed by atoms with Crippen molar-refractivity contribution in [3.05, 3.63) is 57.5 Å². The number of benzene rings is 1. The molecular formula is C12H12FNS. The molecule has 2 N–H and O–H groups in total. The molecular weight excluding hydrogens is 209 g/mol. The summed E-state index contributed by atoms with van der Waals surface area (Å²) in [5.41, 5.74) is 7.45. The number of rotatable bonds is 2. The van der Waals surface area contributed by atoms with Crippen molar-refractivity contribution in [1.29, 1.82) is 0 Å². The van der Waals surface area contributed by atoms with Gasteiger partial charge in [-0.3, -0.25) is 0 Å². The lowest BCUT2D eigenvalue weighted by atomic mass is 10.0. The third-order valence-electron chi connectivity index (χ3n) is 2.34. The van der Waals surface area contributed by atoms with E-state index in [9.17, 15) is 4.39 Å². The van der Waals surface area contributed by atoms with Gasteiger partial charge in [-0.15, -0.1) is 11.3 Å². The van der Waals surface area contributed by atoms with Crippen LogP contribution in [0.1, 0.15) is 22.0 Å². The molecule has 1 aromatic heterocycles. The van der Waals surface area contributed by atoms with Crippen molar-refractivity contribution in [1.82, 2.24) is 0 Å². The molecule has 0 fully saturated rings. The maximum absolute atomic E-state index is 13.6. The Hall–Kier alpha value is -1.19. The Bertz CT molecular complexity index is 451. The minimum atomic E-state index is -0.356. The second-order valence-electron chi connectivity index (χ2n) is 3.52. The average molecular weight is 221 g/mol. The molecule has 2 aromatic rings. The van der Waals surface area contributed by atoms with Gasteiger partial charge in [0.25, 0.3) is 0 Å². The first-order chi connectivity index (χ1) is 7.18. The Morgan fingerprint density at radius 1 is 1.33 bits per heavy atom. The van der Waals surface area contributed by atoms with Crippen LogP contribution in [0, 0.1) is 12.7 Å². The highest BCUT2D eigenvalue weighted by molar-refractivity contribution is 7.10. The zero-order valence-electron chi connectivity index (χ0n) is 8.41. The van der Waals surface area contributed by atoms with E-state index in [1.807, 2.05) is 30.5 Å². The predicted octanol–water partition coefficient (Wildman–Crippen LogP) is 3.24. The molecule has 0 saturated carbocycles. The van der Waals surface area contributed by atoms with Gasteiger partial charge in [-0.05, 0) is 30.0 Å². The van der Waals surface area contributed by atoms with Crippen LogP contribution >= 0.6 is 11.3 Å². The first-order valence-corrected chi connectivity index (χ1v) is 5.61. The van der Waals surface area contributed by atoms with E-state index in [2.05, 4.69) is 0 Å². The molecule has 2 rings (SSSR count). The minimum absolute atomic E-state index is 0.226. The van der Waals surface area contributed by atoms with Crippen LogP contribution in [0.15, 0.2) is 35.7 Å². The van der Waals surface area contributed by atoms with Crippen molar-refractivity contribution in [3.8, 4) is 0 Å². The topological polar surface area (TPSA) is 26.0 Å². The number of aryl methyl sites for hydroxylation is 1. The monoisotopic (exact) mass is 221 g/mol. The summed E-state index contributed by atoms with van der Waals surface area (Å²) in [6.07, 6.45) is 0. The molecule has 0 amide bonds. The van der Waals surface area contributed by atoms with Crippen molar-refractivity contribution in [2.24, 2.45) is 5.73 Å². The largest absolute Gasteiger partial charge is 0.320 e. The molecule has 1 aromatic carbocycles. The van der Waals surface area contributed by atoms with Gasteiger partial charge in [0.05, 0.1) is 6.04 Å². The lowest BCUT2D eigenvalue weighted by Crippen LogP contribution is -2.12. The maximum Gasteiger partial charge on any atom is 0.128 e. The van der Waals surface area contributed by atoms with Crippen LogP contribution in [0.2, 0.25) is 0 Å².